The Morgan fingerprint density at radius 3 is 2.71 bits per heavy atom. The Kier molecular flexibility index (Phi) is 5.70. The topological polar surface area (TPSA) is 36.4 Å². The zero-order valence-corrected chi connectivity index (χ0v) is 20.0. The van der Waals surface area contributed by atoms with Crippen LogP contribution in [0.25, 0.3) is 0 Å². The molecule has 5 aliphatic rings. The number of halogens is 3. The molecular weight excluding hydrogens is 439 g/mol. The lowest BCUT2D eigenvalue weighted by Crippen LogP contribution is -2.48. The van der Waals surface area contributed by atoms with Crippen LogP contribution in [0, 0.1) is 23.2 Å². The first-order chi connectivity index (χ1) is 16.3. The van der Waals surface area contributed by atoms with Crippen LogP contribution in [0.4, 0.5) is 13.2 Å². The molecule has 0 N–H and O–H groups in total. The fourth-order valence-electron chi connectivity index (χ4n) is 8.27. The smallest absolute Gasteiger partial charge is 0.337 e. The van der Waals surface area contributed by atoms with Gasteiger partial charge in [-0.2, -0.15) is 13.2 Å². The first kappa shape index (κ1) is 22.8. The van der Waals surface area contributed by atoms with Gasteiger partial charge in [-0.3, -0.25) is 9.78 Å². The van der Waals surface area contributed by atoms with Crippen molar-refractivity contribution in [3.05, 3.63) is 29.1 Å². The largest absolute Gasteiger partial charge is 0.417 e. The van der Waals surface area contributed by atoms with Crippen molar-refractivity contribution in [1.29, 1.82) is 0 Å². The summed E-state index contributed by atoms with van der Waals surface area (Å²) in [7, 11) is 0. The van der Waals surface area contributed by atoms with Crippen LogP contribution in [0.3, 0.4) is 0 Å². The molecule has 186 valence electrons. The third-order valence-corrected chi connectivity index (χ3v) is 10.0. The number of pyridine rings is 1. The van der Waals surface area contributed by atoms with Gasteiger partial charge in [-0.25, -0.2) is 0 Å². The van der Waals surface area contributed by atoms with Crippen molar-refractivity contribution in [3.63, 3.8) is 0 Å². The van der Waals surface area contributed by atoms with Gasteiger partial charge in [0.15, 0.2) is 0 Å². The van der Waals surface area contributed by atoms with Crippen molar-refractivity contribution in [2.45, 2.75) is 89.4 Å². The van der Waals surface area contributed by atoms with E-state index in [1.807, 2.05) is 4.90 Å². The molecule has 3 heterocycles. The molecule has 0 aromatic carbocycles. The van der Waals surface area contributed by atoms with E-state index in [9.17, 15) is 18.0 Å². The van der Waals surface area contributed by atoms with Crippen LogP contribution >= 0.6 is 0 Å². The number of hydrogen-bond acceptors (Lipinski definition) is 3. The highest BCUT2D eigenvalue weighted by molar-refractivity contribution is 5.84. The SMILES string of the molecule is O=C(N1CCc2ncc(C(F)(F)F)cc2C1)C12CCCC1CC(N1CCC3CCCCC3C1)C2. The fourth-order valence-corrected chi connectivity index (χ4v) is 8.27. The molecule has 5 unspecified atom stereocenters. The predicted molar refractivity (Wildman–Crippen MR) is 123 cm³/mol. The third kappa shape index (κ3) is 3.86. The van der Waals surface area contributed by atoms with E-state index in [0.29, 0.717) is 36.2 Å². The van der Waals surface area contributed by atoms with Crippen LogP contribution in [-0.2, 0) is 23.9 Å². The van der Waals surface area contributed by atoms with Gasteiger partial charge in [0.1, 0.15) is 0 Å². The molecule has 5 atom stereocenters. The number of alkyl halides is 3. The van der Waals surface area contributed by atoms with Crippen LogP contribution < -0.4 is 0 Å². The molecule has 4 fully saturated rings. The zero-order chi connectivity index (χ0) is 23.5. The number of nitrogens with zero attached hydrogens (tertiary/aromatic N) is 3. The molecule has 1 aromatic rings. The summed E-state index contributed by atoms with van der Waals surface area (Å²) >= 11 is 0. The third-order valence-electron chi connectivity index (χ3n) is 10.0. The van der Waals surface area contributed by atoms with Gasteiger partial charge in [-0.15, -0.1) is 0 Å². The molecule has 0 spiro atoms. The van der Waals surface area contributed by atoms with E-state index in [1.54, 1.807) is 0 Å². The number of piperidine rings is 1. The standard InChI is InChI=1S/C27H36F3N3O/c28-27(29,30)22-12-20-17-33(11-8-24(20)31-15-22)25(34)26-9-3-6-21(26)13-23(14-26)32-10-7-18-4-1-2-5-19(18)16-32/h12,15,18-19,21,23H,1-11,13-14,16-17H2. The van der Waals surface area contributed by atoms with Gasteiger partial charge in [-0.05, 0) is 74.5 Å². The summed E-state index contributed by atoms with van der Waals surface area (Å²) in [5, 5.41) is 0. The van der Waals surface area contributed by atoms with Crippen molar-refractivity contribution in [3.8, 4) is 0 Å². The quantitative estimate of drug-likeness (QED) is 0.571. The molecule has 0 radical (unpaired) electrons. The van der Waals surface area contributed by atoms with Gasteiger partial charge in [0, 0.05) is 44.0 Å². The molecule has 3 saturated carbocycles. The van der Waals surface area contributed by atoms with Gasteiger partial charge in [-0.1, -0.05) is 25.7 Å². The summed E-state index contributed by atoms with van der Waals surface area (Å²) in [6.07, 6.45) is 9.11. The van der Waals surface area contributed by atoms with Gasteiger partial charge in [0.2, 0.25) is 5.91 Å². The highest BCUT2D eigenvalue weighted by Gasteiger charge is 2.57. The van der Waals surface area contributed by atoms with E-state index in [4.69, 9.17) is 0 Å². The number of likely N-dealkylation sites (tertiary alicyclic amines) is 1. The summed E-state index contributed by atoms with van der Waals surface area (Å²) in [5.41, 5.74) is 0.247. The minimum Gasteiger partial charge on any atom is -0.337 e. The van der Waals surface area contributed by atoms with Crippen LogP contribution in [-0.4, -0.2) is 46.4 Å². The van der Waals surface area contributed by atoms with E-state index in [1.165, 1.54) is 51.3 Å². The Morgan fingerprint density at radius 1 is 1.06 bits per heavy atom. The summed E-state index contributed by atoms with van der Waals surface area (Å²) in [5.74, 6) is 2.37. The lowest BCUT2D eigenvalue weighted by molar-refractivity contribution is -0.144. The highest BCUT2D eigenvalue weighted by Crippen LogP contribution is 2.57. The molecule has 1 amide bonds. The Bertz CT molecular complexity index is 950. The van der Waals surface area contributed by atoms with Crippen molar-refractivity contribution < 1.29 is 18.0 Å². The van der Waals surface area contributed by atoms with Crippen molar-refractivity contribution in [2.75, 3.05) is 19.6 Å². The lowest BCUT2D eigenvalue weighted by atomic mass is 9.74. The minimum absolute atomic E-state index is 0.202. The molecule has 3 aliphatic carbocycles. The second-order valence-corrected chi connectivity index (χ2v) is 11.7. The van der Waals surface area contributed by atoms with Crippen LogP contribution in [0.1, 0.15) is 81.0 Å². The minimum atomic E-state index is -4.41. The first-order valence-corrected chi connectivity index (χ1v) is 13.4. The summed E-state index contributed by atoms with van der Waals surface area (Å²) < 4.78 is 39.7. The molecule has 34 heavy (non-hydrogen) atoms. The van der Waals surface area contributed by atoms with E-state index >= 15 is 0 Å². The van der Waals surface area contributed by atoms with Crippen molar-refractivity contribution in [1.82, 2.24) is 14.8 Å². The lowest BCUT2D eigenvalue weighted by Gasteiger charge is -2.44. The number of fused-ring (bicyclic) bond motifs is 3. The van der Waals surface area contributed by atoms with Gasteiger partial charge >= 0.3 is 6.18 Å². The maximum atomic E-state index is 14.0. The number of hydrogen-bond donors (Lipinski definition) is 0. The number of carbonyl (C=O) groups excluding carboxylic acids is 1. The monoisotopic (exact) mass is 475 g/mol. The van der Waals surface area contributed by atoms with Crippen molar-refractivity contribution in [2.24, 2.45) is 23.2 Å². The molecule has 2 aliphatic heterocycles. The average Bonchev–Trinajstić information content (AvgIpc) is 3.41. The highest BCUT2D eigenvalue weighted by atomic mass is 19.4. The Hall–Kier alpha value is -1.63. The molecule has 6 rings (SSSR count). The average molecular weight is 476 g/mol. The normalized spacial score (nSPS) is 36.1. The van der Waals surface area contributed by atoms with Gasteiger partial charge in [0.25, 0.3) is 0 Å². The molecule has 4 nitrogen and oxygen atoms in total. The molecule has 7 heteroatoms. The Morgan fingerprint density at radius 2 is 1.88 bits per heavy atom. The van der Waals surface area contributed by atoms with Crippen LogP contribution in [0.2, 0.25) is 0 Å². The Labute approximate surface area is 200 Å². The number of aromatic nitrogens is 1. The molecule has 1 aromatic heterocycles. The molecule has 0 bridgehead atoms. The van der Waals surface area contributed by atoms with E-state index < -0.39 is 11.7 Å². The molecule has 1 saturated heterocycles. The number of rotatable bonds is 2. The van der Waals surface area contributed by atoms with Crippen molar-refractivity contribution >= 4 is 5.91 Å². The molecular formula is C27H36F3N3O. The second-order valence-electron chi connectivity index (χ2n) is 11.7. The summed E-state index contributed by atoms with van der Waals surface area (Å²) in [6, 6.07) is 1.70. The van der Waals surface area contributed by atoms with Crippen LogP contribution in [0.15, 0.2) is 12.3 Å². The number of carbonyl (C=O) groups is 1. The summed E-state index contributed by atoms with van der Waals surface area (Å²) in [4.78, 5) is 22.7. The van der Waals surface area contributed by atoms with E-state index in [-0.39, 0.29) is 17.9 Å². The Balaban J connectivity index is 1.18. The predicted octanol–water partition coefficient (Wildman–Crippen LogP) is 5.45. The first-order valence-electron chi connectivity index (χ1n) is 13.4. The van der Waals surface area contributed by atoms with Crippen LogP contribution in [0.5, 0.6) is 0 Å². The van der Waals surface area contributed by atoms with Gasteiger partial charge < -0.3 is 9.80 Å². The summed E-state index contributed by atoms with van der Waals surface area (Å²) in [6.45, 7) is 3.20. The van der Waals surface area contributed by atoms with E-state index in [0.717, 1.165) is 50.1 Å². The van der Waals surface area contributed by atoms with E-state index in [2.05, 4.69) is 9.88 Å². The second kappa shape index (κ2) is 8.49. The number of amides is 1. The zero-order valence-electron chi connectivity index (χ0n) is 20.0. The maximum absolute atomic E-state index is 14.0. The maximum Gasteiger partial charge on any atom is 0.417 e. The van der Waals surface area contributed by atoms with Gasteiger partial charge in [0.05, 0.1) is 11.0 Å². The fraction of sp³-hybridized carbons (Fsp3) is 0.778.